The van der Waals surface area contributed by atoms with Gasteiger partial charge in [-0.25, -0.2) is 0 Å². The van der Waals surface area contributed by atoms with Crippen molar-refractivity contribution in [3.63, 3.8) is 0 Å². The number of carbonyl (C=O) groups is 1. The van der Waals surface area contributed by atoms with Gasteiger partial charge in [0.2, 0.25) is 6.41 Å². The Morgan fingerprint density at radius 1 is 1.82 bits per heavy atom. The maximum Gasteiger partial charge on any atom is 0.207 e. The molecular weight excluding hydrogens is 142 g/mol. The van der Waals surface area contributed by atoms with E-state index in [1.807, 2.05) is 20.2 Å². The Balaban J connectivity index is 2.69. The Morgan fingerprint density at radius 2 is 2.55 bits per heavy atom. The second-order valence-corrected chi connectivity index (χ2v) is 2.41. The number of aromatic nitrogens is 2. The highest BCUT2D eigenvalue weighted by Gasteiger charge is 2.00. The third-order valence-corrected chi connectivity index (χ3v) is 1.49. The molecule has 0 radical (unpaired) electrons. The number of amides is 1. The first-order valence-electron chi connectivity index (χ1n) is 3.40. The van der Waals surface area contributed by atoms with Crippen molar-refractivity contribution >= 4 is 6.41 Å². The zero-order valence-electron chi connectivity index (χ0n) is 6.66. The predicted molar refractivity (Wildman–Crippen MR) is 40.8 cm³/mol. The van der Waals surface area contributed by atoms with Crippen molar-refractivity contribution in [1.29, 1.82) is 0 Å². The van der Waals surface area contributed by atoms with Gasteiger partial charge in [-0.15, -0.1) is 0 Å². The number of hydrogen-bond donors (Lipinski definition) is 1. The molecule has 0 spiro atoms. The summed E-state index contributed by atoms with van der Waals surface area (Å²) in [6.07, 6.45) is 2.58. The molecule has 0 saturated carbocycles. The first-order chi connectivity index (χ1) is 5.24. The molecule has 1 aromatic rings. The Morgan fingerprint density at radius 3 is 3.00 bits per heavy atom. The zero-order valence-corrected chi connectivity index (χ0v) is 6.66. The molecule has 1 aromatic heterocycles. The summed E-state index contributed by atoms with van der Waals surface area (Å²) in [6.45, 7) is 2.48. The SMILES string of the molecule is Cc1nn(C)cc1CNC=O. The molecule has 4 nitrogen and oxygen atoms in total. The Bertz CT molecular complexity index is 254. The van der Waals surface area contributed by atoms with Gasteiger partial charge in [0, 0.05) is 25.4 Å². The number of nitrogens with zero attached hydrogens (tertiary/aromatic N) is 2. The first kappa shape index (κ1) is 7.78. The van der Waals surface area contributed by atoms with Gasteiger partial charge in [0.25, 0.3) is 0 Å². The molecule has 1 amide bonds. The Labute approximate surface area is 65.2 Å². The summed E-state index contributed by atoms with van der Waals surface area (Å²) in [6, 6.07) is 0. The van der Waals surface area contributed by atoms with Gasteiger partial charge < -0.3 is 5.32 Å². The molecule has 0 fully saturated rings. The van der Waals surface area contributed by atoms with Crippen molar-refractivity contribution in [1.82, 2.24) is 15.1 Å². The smallest absolute Gasteiger partial charge is 0.207 e. The van der Waals surface area contributed by atoms with Crippen molar-refractivity contribution in [2.24, 2.45) is 7.05 Å². The third kappa shape index (κ3) is 1.80. The fourth-order valence-electron chi connectivity index (χ4n) is 0.974. The molecule has 1 N–H and O–H groups in total. The summed E-state index contributed by atoms with van der Waals surface area (Å²) in [5, 5.41) is 6.71. The van der Waals surface area contributed by atoms with Crippen molar-refractivity contribution in [3.05, 3.63) is 17.5 Å². The minimum Gasteiger partial charge on any atom is -0.354 e. The summed E-state index contributed by atoms with van der Waals surface area (Å²) in [5.74, 6) is 0. The highest BCUT2D eigenvalue weighted by Crippen LogP contribution is 2.02. The largest absolute Gasteiger partial charge is 0.354 e. The topological polar surface area (TPSA) is 46.9 Å². The molecule has 0 unspecified atom stereocenters. The third-order valence-electron chi connectivity index (χ3n) is 1.49. The highest BCUT2D eigenvalue weighted by molar-refractivity contribution is 5.46. The molecule has 11 heavy (non-hydrogen) atoms. The molecule has 0 bridgehead atoms. The molecule has 0 saturated heterocycles. The van der Waals surface area contributed by atoms with E-state index in [4.69, 9.17) is 0 Å². The first-order valence-corrected chi connectivity index (χ1v) is 3.40. The van der Waals surface area contributed by atoms with Crippen LogP contribution in [0.15, 0.2) is 6.20 Å². The molecule has 1 heterocycles. The van der Waals surface area contributed by atoms with E-state index in [-0.39, 0.29) is 0 Å². The lowest BCUT2D eigenvalue weighted by Gasteiger charge is -1.93. The summed E-state index contributed by atoms with van der Waals surface area (Å²) in [5.41, 5.74) is 2.02. The van der Waals surface area contributed by atoms with Gasteiger partial charge >= 0.3 is 0 Å². The molecule has 60 valence electrons. The molecule has 1 rings (SSSR count). The molecule has 0 aliphatic rings. The zero-order chi connectivity index (χ0) is 8.27. The number of rotatable bonds is 3. The Kier molecular flexibility index (Phi) is 2.25. The summed E-state index contributed by atoms with van der Waals surface area (Å²) in [7, 11) is 1.86. The summed E-state index contributed by atoms with van der Waals surface area (Å²) in [4.78, 5) is 9.96. The fourth-order valence-corrected chi connectivity index (χ4v) is 0.974. The predicted octanol–water partition coefficient (Wildman–Crippen LogP) is -0.0255. The van der Waals surface area contributed by atoms with Crippen LogP contribution in [-0.2, 0) is 18.4 Å². The average molecular weight is 153 g/mol. The fraction of sp³-hybridized carbons (Fsp3) is 0.429. The van der Waals surface area contributed by atoms with Crippen LogP contribution in [0.2, 0.25) is 0 Å². The van der Waals surface area contributed by atoms with Crippen molar-refractivity contribution in [2.75, 3.05) is 0 Å². The van der Waals surface area contributed by atoms with Crippen LogP contribution in [0.4, 0.5) is 0 Å². The molecule has 0 aromatic carbocycles. The quantitative estimate of drug-likeness (QED) is 0.620. The lowest BCUT2D eigenvalue weighted by molar-refractivity contribution is -0.109. The second kappa shape index (κ2) is 3.18. The van der Waals surface area contributed by atoms with Crippen LogP contribution in [0.3, 0.4) is 0 Å². The van der Waals surface area contributed by atoms with Gasteiger partial charge in [0.15, 0.2) is 0 Å². The van der Waals surface area contributed by atoms with E-state index in [9.17, 15) is 4.79 Å². The number of hydrogen-bond acceptors (Lipinski definition) is 2. The molecule has 0 aliphatic carbocycles. The van der Waals surface area contributed by atoms with Gasteiger partial charge in [0.05, 0.1) is 5.69 Å². The monoisotopic (exact) mass is 153 g/mol. The highest BCUT2D eigenvalue weighted by atomic mass is 16.1. The van der Waals surface area contributed by atoms with Crippen LogP contribution >= 0.6 is 0 Å². The average Bonchev–Trinajstić information content (AvgIpc) is 2.26. The minimum atomic E-state index is 0.559. The Hall–Kier alpha value is -1.32. The number of aryl methyl sites for hydroxylation is 2. The van der Waals surface area contributed by atoms with Crippen LogP contribution in [0.5, 0.6) is 0 Å². The maximum absolute atomic E-state index is 9.96. The van der Waals surface area contributed by atoms with E-state index in [0.717, 1.165) is 11.3 Å². The lowest BCUT2D eigenvalue weighted by Crippen LogP contribution is -2.09. The second-order valence-electron chi connectivity index (χ2n) is 2.41. The molecule has 0 atom stereocenters. The van der Waals surface area contributed by atoms with E-state index in [0.29, 0.717) is 13.0 Å². The molecular formula is C7H11N3O. The van der Waals surface area contributed by atoms with Gasteiger partial charge in [-0.3, -0.25) is 9.48 Å². The van der Waals surface area contributed by atoms with E-state index < -0.39 is 0 Å². The van der Waals surface area contributed by atoms with Crippen LogP contribution in [-0.4, -0.2) is 16.2 Å². The number of carbonyl (C=O) groups excluding carboxylic acids is 1. The van der Waals surface area contributed by atoms with E-state index in [2.05, 4.69) is 10.4 Å². The van der Waals surface area contributed by atoms with Gasteiger partial charge in [-0.2, -0.15) is 5.10 Å². The van der Waals surface area contributed by atoms with Crippen LogP contribution < -0.4 is 5.32 Å². The number of nitrogens with one attached hydrogen (secondary N) is 1. The van der Waals surface area contributed by atoms with Gasteiger partial charge in [-0.1, -0.05) is 0 Å². The standard InChI is InChI=1S/C7H11N3O/c1-6-7(3-8-5-11)4-10(2)9-6/h4-5H,3H2,1-2H3,(H,8,11). The van der Waals surface area contributed by atoms with Crippen molar-refractivity contribution in [2.45, 2.75) is 13.5 Å². The van der Waals surface area contributed by atoms with Crippen molar-refractivity contribution < 1.29 is 4.79 Å². The van der Waals surface area contributed by atoms with Crippen LogP contribution in [0.25, 0.3) is 0 Å². The molecule has 0 aliphatic heterocycles. The lowest BCUT2D eigenvalue weighted by atomic mass is 10.3. The van der Waals surface area contributed by atoms with Crippen LogP contribution in [0.1, 0.15) is 11.3 Å². The summed E-state index contributed by atoms with van der Waals surface area (Å²) >= 11 is 0. The maximum atomic E-state index is 9.96. The normalized spacial score (nSPS) is 9.64. The minimum absolute atomic E-state index is 0.559. The van der Waals surface area contributed by atoms with E-state index in [1.165, 1.54) is 0 Å². The van der Waals surface area contributed by atoms with Gasteiger partial charge in [0.1, 0.15) is 0 Å². The molecule has 4 heteroatoms. The van der Waals surface area contributed by atoms with E-state index in [1.54, 1.807) is 4.68 Å². The van der Waals surface area contributed by atoms with Gasteiger partial charge in [-0.05, 0) is 6.92 Å². The van der Waals surface area contributed by atoms with Crippen molar-refractivity contribution in [3.8, 4) is 0 Å². The van der Waals surface area contributed by atoms with Crippen LogP contribution in [0, 0.1) is 6.92 Å². The van der Waals surface area contributed by atoms with E-state index >= 15 is 0 Å². The summed E-state index contributed by atoms with van der Waals surface area (Å²) < 4.78 is 1.73.